The molecule has 1 aromatic carbocycles. The van der Waals surface area contributed by atoms with Crippen molar-refractivity contribution in [2.75, 3.05) is 25.6 Å². The van der Waals surface area contributed by atoms with E-state index in [2.05, 4.69) is 10.6 Å². The van der Waals surface area contributed by atoms with Gasteiger partial charge in [-0.2, -0.15) is 0 Å². The fourth-order valence-electron chi connectivity index (χ4n) is 1.36. The monoisotopic (exact) mass is 268 g/mol. The van der Waals surface area contributed by atoms with E-state index in [0.29, 0.717) is 25.1 Å². The van der Waals surface area contributed by atoms with Gasteiger partial charge in [-0.1, -0.05) is 6.07 Å². The molecule has 104 valence electrons. The Labute approximate surface area is 111 Å². The lowest BCUT2D eigenvalue weighted by molar-refractivity contribution is -0.136. The lowest BCUT2D eigenvalue weighted by Crippen LogP contribution is -2.36. The third-order valence-corrected chi connectivity index (χ3v) is 2.45. The van der Waals surface area contributed by atoms with Gasteiger partial charge in [0.2, 0.25) is 0 Å². The topological polar surface area (TPSA) is 67.4 Å². The Bertz CT molecular complexity index is 463. The Morgan fingerprint density at radius 3 is 2.68 bits per heavy atom. The van der Waals surface area contributed by atoms with E-state index in [0.717, 1.165) is 0 Å². The van der Waals surface area contributed by atoms with Gasteiger partial charge in [-0.15, -0.1) is 0 Å². The van der Waals surface area contributed by atoms with Crippen LogP contribution in [0.1, 0.15) is 12.0 Å². The van der Waals surface area contributed by atoms with Crippen LogP contribution in [0.2, 0.25) is 0 Å². The molecule has 5 nitrogen and oxygen atoms in total. The molecule has 0 saturated heterocycles. The highest BCUT2D eigenvalue weighted by atomic mass is 19.1. The van der Waals surface area contributed by atoms with E-state index in [9.17, 15) is 14.0 Å². The number of carbonyl (C=O) groups excluding carboxylic acids is 2. The first-order valence-corrected chi connectivity index (χ1v) is 5.89. The molecule has 0 heterocycles. The average Bonchev–Trinajstić information content (AvgIpc) is 2.38. The fraction of sp³-hybridized carbons (Fsp3) is 0.385. The number of nitrogens with one attached hydrogen (secondary N) is 2. The fourth-order valence-corrected chi connectivity index (χ4v) is 1.36. The molecular weight excluding hydrogens is 251 g/mol. The van der Waals surface area contributed by atoms with Crippen LogP contribution in [-0.2, 0) is 14.3 Å². The maximum Gasteiger partial charge on any atom is 0.313 e. The third-order valence-electron chi connectivity index (χ3n) is 2.45. The van der Waals surface area contributed by atoms with E-state index < -0.39 is 17.6 Å². The van der Waals surface area contributed by atoms with Crippen molar-refractivity contribution in [1.82, 2.24) is 5.32 Å². The van der Waals surface area contributed by atoms with Crippen molar-refractivity contribution in [2.24, 2.45) is 0 Å². The third kappa shape index (κ3) is 5.05. The predicted molar refractivity (Wildman–Crippen MR) is 69.3 cm³/mol. The smallest absolute Gasteiger partial charge is 0.313 e. The van der Waals surface area contributed by atoms with Gasteiger partial charge < -0.3 is 15.4 Å². The second-order valence-electron chi connectivity index (χ2n) is 4.02. The quantitative estimate of drug-likeness (QED) is 0.623. The number of hydrogen-bond acceptors (Lipinski definition) is 3. The van der Waals surface area contributed by atoms with Crippen LogP contribution in [0, 0.1) is 12.7 Å². The zero-order valence-corrected chi connectivity index (χ0v) is 11.0. The molecule has 0 aliphatic rings. The molecule has 0 aliphatic heterocycles. The highest BCUT2D eigenvalue weighted by Crippen LogP contribution is 2.13. The van der Waals surface area contributed by atoms with Crippen LogP contribution in [0.15, 0.2) is 18.2 Å². The van der Waals surface area contributed by atoms with Gasteiger partial charge in [0.1, 0.15) is 5.82 Å². The van der Waals surface area contributed by atoms with Crippen molar-refractivity contribution in [1.29, 1.82) is 0 Å². The highest BCUT2D eigenvalue weighted by Gasteiger charge is 2.13. The summed E-state index contributed by atoms with van der Waals surface area (Å²) in [6.07, 6.45) is 0.620. The number of hydrogen-bond donors (Lipinski definition) is 2. The maximum atomic E-state index is 13.3. The highest BCUT2D eigenvalue weighted by molar-refractivity contribution is 6.39. The largest absolute Gasteiger partial charge is 0.385 e. The second kappa shape index (κ2) is 7.48. The zero-order valence-electron chi connectivity index (χ0n) is 11.0. The molecule has 0 aromatic heterocycles. The van der Waals surface area contributed by atoms with Crippen LogP contribution in [0.5, 0.6) is 0 Å². The Kier molecular flexibility index (Phi) is 5.95. The van der Waals surface area contributed by atoms with Crippen molar-refractivity contribution in [3.05, 3.63) is 29.6 Å². The zero-order chi connectivity index (χ0) is 14.3. The molecule has 0 spiro atoms. The SMILES string of the molecule is COCCCNC(=O)C(=O)Nc1ccc(C)c(F)c1. The van der Waals surface area contributed by atoms with Crippen LogP contribution >= 0.6 is 0 Å². The summed E-state index contributed by atoms with van der Waals surface area (Å²) in [4.78, 5) is 22.9. The van der Waals surface area contributed by atoms with Gasteiger partial charge in [0, 0.05) is 25.9 Å². The van der Waals surface area contributed by atoms with Gasteiger partial charge in [-0.3, -0.25) is 9.59 Å². The number of halogens is 1. The first-order valence-electron chi connectivity index (χ1n) is 5.89. The van der Waals surface area contributed by atoms with Crippen LogP contribution in [-0.4, -0.2) is 32.1 Å². The number of anilines is 1. The van der Waals surface area contributed by atoms with Crippen LogP contribution < -0.4 is 10.6 Å². The van der Waals surface area contributed by atoms with E-state index in [-0.39, 0.29) is 5.69 Å². The molecule has 19 heavy (non-hydrogen) atoms. The lowest BCUT2D eigenvalue weighted by Gasteiger charge is -2.07. The average molecular weight is 268 g/mol. The van der Waals surface area contributed by atoms with Crippen LogP contribution in [0.3, 0.4) is 0 Å². The summed E-state index contributed by atoms with van der Waals surface area (Å²) in [6, 6.07) is 4.24. The molecular formula is C13H17FN2O3. The molecule has 2 amide bonds. The first kappa shape index (κ1) is 15.1. The number of amides is 2. The summed E-state index contributed by atoms with van der Waals surface area (Å²) >= 11 is 0. The van der Waals surface area contributed by atoms with Crippen molar-refractivity contribution >= 4 is 17.5 Å². The molecule has 0 atom stereocenters. The van der Waals surface area contributed by atoms with E-state index in [1.165, 1.54) is 18.2 Å². The van der Waals surface area contributed by atoms with Gasteiger partial charge >= 0.3 is 11.8 Å². The summed E-state index contributed by atoms with van der Waals surface area (Å²) < 4.78 is 18.1. The molecule has 1 rings (SSSR count). The van der Waals surface area contributed by atoms with Crippen molar-refractivity contribution in [3.63, 3.8) is 0 Å². The number of rotatable bonds is 5. The Morgan fingerprint density at radius 2 is 2.05 bits per heavy atom. The number of aryl methyl sites for hydroxylation is 1. The lowest BCUT2D eigenvalue weighted by atomic mass is 10.2. The summed E-state index contributed by atoms with van der Waals surface area (Å²) in [5.74, 6) is -2.00. The number of methoxy groups -OCH3 is 1. The van der Waals surface area contributed by atoms with E-state index in [4.69, 9.17) is 4.74 Å². The number of carbonyl (C=O) groups is 2. The van der Waals surface area contributed by atoms with E-state index >= 15 is 0 Å². The van der Waals surface area contributed by atoms with Crippen molar-refractivity contribution < 1.29 is 18.7 Å². The van der Waals surface area contributed by atoms with Crippen molar-refractivity contribution in [2.45, 2.75) is 13.3 Å². The van der Waals surface area contributed by atoms with E-state index in [1.54, 1.807) is 14.0 Å². The summed E-state index contributed by atoms with van der Waals surface area (Å²) in [5, 5.41) is 4.77. The van der Waals surface area contributed by atoms with Gasteiger partial charge in [0.15, 0.2) is 0 Å². The van der Waals surface area contributed by atoms with Gasteiger partial charge in [-0.05, 0) is 31.0 Å². The minimum Gasteiger partial charge on any atom is -0.385 e. The molecule has 6 heteroatoms. The number of benzene rings is 1. The molecule has 0 saturated carbocycles. The van der Waals surface area contributed by atoms with Gasteiger partial charge in [-0.25, -0.2) is 4.39 Å². The van der Waals surface area contributed by atoms with Gasteiger partial charge in [0.25, 0.3) is 0 Å². The van der Waals surface area contributed by atoms with Crippen LogP contribution in [0.25, 0.3) is 0 Å². The molecule has 0 bridgehead atoms. The summed E-state index contributed by atoms with van der Waals surface area (Å²) in [6.45, 7) is 2.47. The van der Waals surface area contributed by atoms with Gasteiger partial charge in [0.05, 0.1) is 0 Å². The van der Waals surface area contributed by atoms with E-state index in [1.807, 2.05) is 0 Å². The normalized spacial score (nSPS) is 10.1. The van der Waals surface area contributed by atoms with Crippen LogP contribution in [0.4, 0.5) is 10.1 Å². The Hall–Kier alpha value is -1.95. The standard InChI is InChI=1S/C13H17FN2O3/c1-9-4-5-10(8-11(9)14)16-13(18)12(17)15-6-3-7-19-2/h4-5,8H,3,6-7H2,1-2H3,(H,15,17)(H,16,18). The maximum absolute atomic E-state index is 13.3. The summed E-state index contributed by atoms with van der Waals surface area (Å²) in [7, 11) is 1.56. The Morgan fingerprint density at radius 1 is 1.32 bits per heavy atom. The second-order valence-corrected chi connectivity index (χ2v) is 4.02. The molecule has 0 aliphatic carbocycles. The molecule has 2 N–H and O–H groups in total. The first-order chi connectivity index (χ1) is 9.04. The molecule has 0 unspecified atom stereocenters. The minimum absolute atomic E-state index is 0.250. The summed E-state index contributed by atoms with van der Waals surface area (Å²) in [5.41, 5.74) is 0.724. The minimum atomic E-state index is -0.819. The molecule has 0 fully saturated rings. The molecule has 0 radical (unpaired) electrons. The Balaban J connectivity index is 2.45. The van der Waals surface area contributed by atoms with Crippen molar-refractivity contribution in [3.8, 4) is 0 Å². The number of ether oxygens (including phenoxy) is 1. The molecule has 1 aromatic rings. The predicted octanol–water partition coefficient (Wildman–Crippen LogP) is 1.23.